The van der Waals surface area contributed by atoms with Crippen LogP contribution in [0.4, 0.5) is 0 Å². The Hall–Kier alpha value is -1.95. The Kier molecular flexibility index (Phi) is 3.87. The van der Waals surface area contributed by atoms with E-state index in [1.165, 1.54) is 0 Å². The lowest BCUT2D eigenvalue weighted by Gasteiger charge is -2.24. The number of carbonyl (C=O) groups excluding carboxylic acids is 1. The summed E-state index contributed by atoms with van der Waals surface area (Å²) in [5, 5.41) is 4.69. The number of amides is 1. The molecule has 1 amide bonds. The Labute approximate surface area is 129 Å². The van der Waals surface area contributed by atoms with Gasteiger partial charge in [0.25, 0.3) is 11.6 Å². The van der Waals surface area contributed by atoms with Gasteiger partial charge in [-0.15, -0.1) is 0 Å². The summed E-state index contributed by atoms with van der Waals surface area (Å²) in [6.07, 6.45) is 1.97. The van der Waals surface area contributed by atoms with Gasteiger partial charge in [0.15, 0.2) is 0 Å². The fourth-order valence-corrected chi connectivity index (χ4v) is 3.08. The number of fused-ring (bicyclic) bond motifs is 1. The number of nitrogens with two attached hydrogens (primary N) is 1. The second kappa shape index (κ2) is 5.68. The van der Waals surface area contributed by atoms with Gasteiger partial charge in [-0.1, -0.05) is 19.0 Å². The molecule has 0 aromatic carbocycles. The maximum Gasteiger partial charge on any atom is 0.259 e. The first-order valence-electron chi connectivity index (χ1n) is 7.81. The summed E-state index contributed by atoms with van der Waals surface area (Å²) in [4.78, 5) is 19.4. The molecule has 2 aromatic heterocycles. The average Bonchev–Trinajstić information content (AvgIpc) is 3.12. The quantitative estimate of drug-likeness (QED) is 0.939. The van der Waals surface area contributed by atoms with E-state index >= 15 is 0 Å². The molecule has 1 unspecified atom stereocenters. The largest absolute Gasteiger partial charge is 0.336 e. The maximum atomic E-state index is 13.0. The van der Waals surface area contributed by atoms with Crippen molar-refractivity contribution in [2.75, 3.05) is 13.1 Å². The molecule has 1 aliphatic heterocycles. The van der Waals surface area contributed by atoms with Crippen molar-refractivity contribution in [3.8, 4) is 0 Å². The summed E-state index contributed by atoms with van der Waals surface area (Å²) >= 11 is 0. The molecule has 0 saturated carbocycles. The van der Waals surface area contributed by atoms with Crippen molar-refractivity contribution >= 4 is 17.0 Å². The van der Waals surface area contributed by atoms with Crippen molar-refractivity contribution in [3.05, 3.63) is 23.0 Å². The van der Waals surface area contributed by atoms with E-state index in [-0.39, 0.29) is 17.9 Å². The molecule has 6 nitrogen and oxygen atoms in total. The van der Waals surface area contributed by atoms with Crippen LogP contribution in [0.15, 0.2) is 10.6 Å². The molecule has 22 heavy (non-hydrogen) atoms. The van der Waals surface area contributed by atoms with E-state index < -0.39 is 0 Å². The van der Waals surface area contributed by atoms with Crippen LogP contribution in [-0.2, 0) is 0 Å². The van der Waals surface area contributed by atoms with E-state index in [1.807, 2.05) is 31.7 Å². The standard InChI is InChI=1S/C16H22N4O2/c1-9(2)13-7-12(14-10(3)19-22-15(14)18-13)16(21)20-6-4-5-11(20)8-17/h7,9,11H,4-6,8,17H2,1-3H3. The van der Waals surface area contributed by atoms with Gasteiger partial charge in [0.2, 0.25) is 0 Å². The number of nitrogens with zero attached hydrogens (tertiary/aromatic N) is 3. The lowest BCUT2D eigenvalue weighted by atomic mass is 10.0. The van der Waals surface area contributed by atoms with Crippen LogP contribution in [-0.4, -0.2) is 40.1 Å². The monoisotopic (exact) mass is 302 g/mol. The zero-order valence-corrected chi connectivity index (χ0v) is 13.3. The Morgan fingerprint density at radius 2 is 2.32 bits per heavy atom. The smallest absolute Gasteiger partial charge is 0.259 e. The van der Waals surface area contributed by atoms with Gasteiger partial charge >= 0.3 is 0 Å². The summed E-state index contributed by atoms with van der Waals surface area (Å²) in [5.41, 5.74) is 8.42. The predicted molar refractivity (Wildman–Crippen MR) is 83.7 cm³/mol. The number of hydrogen-bond donors (Lipinski definition) is 1. The van der Waals surface area contributed by atoms with E-state index in [2.05, 4.69) is 10.1 Å². The highest BCUT2D eigenvalue weighted by molar-refractivity contribution is 6.06. The first kappa shape index (κ1) is 15.0. The van der Waals surface area contributed by atoms with Crippen LogP contribution in [0.1, 0.15) is 54.4 Å². The second-order valence-corrected chi connectivity index (χ2v) is 6.23. The minimum Gasteiger partial charge on any atom is -0.336 e. The first-order valence-corrected chi connectivity index (χ1v) is 7.81. The van der Waals surface area contributed by atoms with E-state index in [0.29, 0.717) is 23.5 Å². The fourth-order valence-electron chi connectivity index (χ4n) is 3.08. The molecule has 1 saturated heterocycles. The van der Waals surface area contributed by atoms with Crippen LogP contribution >= 0.6 is 0 Å². The molecule has 3 rings (SSSR count). The van der Waals surface area contributed by atoms with Crippen LogP contribution in [0.2, 0.25) is 0 Å². The molecule has 0 radical (unpaired) electrons. The molecule has 1 fully saturated rings. The summed E-state index contributed by atoms with van der Waals surface area (Å²) in [5.74, 6) is 0.221. The summed E-state index contributed by atoms with van der Waals surface area (Å²) in [7, 11) is 0. The van der Waals surface area contributed by atoms with Crippen molar-refractivity contribution in [2.24, 2.45) is 5.73 Å². The van der Waals surface area contributed by atoms with E-state index in [9.17, 15) is 4.79 Å². The summed E-state index contributed by atoms with van der Waals surface area (Å²) in [6.45, 7) is 7.18. The molecule has 6 heteroatoms. The molecule has 0 spiro atoms. The molecule has 2 N–H and O–H groups in total. The molecule has 0 aliphatic carbocycles. The Bertz CT molecular complexity index is 707. The minimum atomic E-state index is 0.00792. The minimum absolute atomic E-state index is 0.00792. The molecular weight excluding hydrogens is 280 g/mol. The van der Waals surface area contributed by atoms with Gasteiger partial charge in [0.05, 0.1) is 16.6 Å². The maximum absolute atomic E-state index is 13.0. The highest BCUT2D eigenvalue weighted by Gasteiger charge is 2.31. The van der Waals surface area contributed by atoms with E-state index in [4.69, 9.17) is 10.3 Å². The van der Waals surface area contributed by atoms with E-state index in [1.54, 1.807) is 0 Å². The molecule has 118 valence electrons. The molecule has 1 atom stereocenters. The van der Waals surface area contributed by atoms with Gasteiger partial charge in [-0.05, 0) is 31.7 Å². The van der Waals surface area contributed by atoms with Crippen molar-refractivity contribution in [1.82, 2.24) is 15.0 Å². The highest BCUT2D eigenvalue weighted by atomic mass is 16.5. The van der Waals surface area contributed by atoms with Crippen LogP contribution in [0, 0.1) is 6.92 Å². The number of pyridine rings is 1. The molecule has 1 aliphatic rings. The van der Waals surface area contributed by atoms with Crippen LogP contribution in [0.5, 0.6) is 0 Å². The lowest BCUT2D eigenvalue weighted by Crippen LogP contribution is -2.40. The van der Waals surface area contributed by atoms with Crippen LogP contribution in [0.3, 0.4) is 0 Å². The fraction of sp³-hybridized carbons (Fsp3) is 0.562. The van der Waals surface area contributed by atoms with Crippen molar-refractivity contribution < 1.29 is 9.32 Å². The third-order valence-corrected chi connectivity index (χ3v) is 4.37. The van der Waals surface area contributed by atoms with Crippen LogP contribution in [0.25, 0.3) is 11.1 Å². The average molecular weight is 302 g/mol. The van der Waals surface area contributed by atoms with Gasteiger partial charge < -0.3 is 15.2 Å². The predicted octanol–water partition coefficient (Wildman–Crippen LogP) is 2.22. The zero-order chi connectivity index (χ0) is 15.9. The van der Waals surface area contributed by atoms with Crippen LogP contribution < -0.4 is 5.73 Å². The van der Waals surface area contributed by atoms with Crippen molar-refractivity contribution in [3.63, 3.8) is 0 Å². The SMILES string of the molecule is Cc1noc2nc(C(C)C)cc(C(=O)N3CCCC3CN)c12. The molecule has 3 heterocycles. The van der Waals surface area contributed by atoms with E-state index in [0.717, 1.165) is 30.5 Å². The molecule has 0 bridgehead atoms. The van der Waals surface area contributed by atoms with Gasteiger partial charge in [-0.25, -0.2) is 4.98 Å². The molecule has 2 aromatic rings. The summed E-state index contributed by atoms with van der Waals surface area (Å²) < 4.78 is 5.29. The highest BCUT2D eigenvalue weighted by Crippen LogP contribution is 2.28. The van der Waals surface area contributed by atoms with Crippen molar-refractivity contribution in [2.45, 2.75) is 45.6 Å². The van der Waals surface area contributed by atoms with Gasteiger partial charge in [-0.2, -0.15) is 0 Å². The van der Waals surface area contributed by atoms with Gasteiger partial charge in [0, 0.05) is 24.8 Å². The second-order valence-electron chi connectivity index (χ2n) is 6.23. The number of aryl methyl sites for hydroxylation is 1. The van der Waals surface area contributed by atoms with Gasteiger partial charge in [-0.3, -0.25) is 4.79 Å². The Morgan fingerprint density at radius 1 is 1.55 bits per heavy atom. The first-order chi connectivity index (χ1) is 10.5. The van der Waals surface area contributed by atoms with Gasteiger partial charge in [0.1, 0.15) is 0 Å². The number of likely N-dealkylation sites (tertiary alicyclic amines) is 1. The lowest BCUT2D eigenvalue weighted by molar-refractivity contribution is 0.0743. The Morgan fingerprint density at radius 3 is 3.00 bits per heavy atom. The normalized spacial score (nSPS) is 18.6. The third kappa shape index (κ3) is 2.37. The zero-order valence-electron chi connectivity index (χ0n) is 13.3. The topological polar surface area (TPSA) is 85.2 Å². The number of aromatic nitrogens is 2. The Balaban J connectivity index is 2.12. The third-order valence-electron chi connectivity index (χ3n) is 4.37. The number of carbonyl (C=O) groups is 1. The summed E-state index contributed by atoms with van der Waals surface area (Å²) in [6, 6.07) is 2.00. The number of rotatable bonds is 3. The van der Waals surface area contributed by atoms with Crippen molar-refractivity contribution in [1.29, 1.82) is 0 Å². The molecular formula is C16H22N4O2. The number of hydrogen-bond acceptors (Lipinski definition) is 5.